The van der Waals surface area contributed by atoms with Crippen molar-refractivity contribution in [2.24, 2.45) is 0 Å². The van der Waals surface area contributed by atoms with E-state index in [0.29, 0.717) is 12.5 Å². The van der Waals surface area contributed by atoms with E-state index in [1.807, 2.05) is 0 Å². The van der Waals surface area contributed by atoms with Crippen LogP contribution in [0.1, 0.15) is 18.4 Å². The molecule has 0 atom stereocenters. The van der Waals surface area contributed by atoms with Crippen LogP contribution in [0.25, 0.3) is 11.4 Å². The van der Waals surface area contributed by atoms with Crippen molar-refractivity contribution >= 4 is 6.03 Å². The molecule has 10 heteroatoms. The molecule has 2 aromatic rings. The molecule has 1 aromatic heterocycles. The Kier molecular flexibility index (Phi) is 5.07. The van der Waals surface area contributed by atoms with E-state index in [0.717, 1.165) is 11.1 Å². The van der Waals surface area contributed by atoms with Crippen LogP contribution >= 0.6 is 0 Å². The number of carbonyl (C=O) groups is 1. The second-order valence-electron chi connectivity index (χ2n) is 4.90. The van der Waals surface area contributed by atoms with Gasteiger partial charge in [-0.15, -0.1) is 0 Å². The largest absolute Gasteiger partial charge is 0.341 e. The van der Waals surface area contributed by atoms with E-state index >= 15 is 0 Å². The number of benzene rings is 1. The SMILES string of the molecule is CNC(=O)N(Cc1ccc(-c2noc(C(C)(F)F)n2)c(F)c1)OC. The summed E-state index contributed by atoms with van der Waals surface area (Å²) in [6, 6.07) is 3.43. The van der Waals surface area contributed by atoms with Gasteiger partial charge in [0.05, 0.1) is 19.2 Å². The van der Waals surface area contributed by atoms with Crippen LogP contribution < -0.4 is 5.32 Å². The maximum absolute atomic E-state index is 14.2. The maximum atomic E-state index is 14.2. The molecule has 0 saturated heterocycles. The minimum atomic E-state index is -3.31. The lowest BCUT2D eigenvalue weighted by molar-refractivity contribution is -0.0927. The summed E-state index contributed by atoms with van der Waals surface area (Å²) in [6.45, 7) is 0.583. The van der Waals surface area contributed by atoms with Gasteiger partial charge in [0, 0.05) is 14.0 Å². The first-order valence-electron chi connectivity index (χ1n) is 6.80. The number of nitrogens with one attached hydrogen (secondary N) is 1. The van der Waals surface area contributed by atoms with Gasteiger partial charge in [-0.1, -0.05) is 11.2 Å². The van der Waals surface area contributed by atoms with Crippen LogP contribution in [0.3, 0.4) is 0 Å². The van der Waals surface area contributed by atoms with Gasteiger partial charge in [0.1, 0.15) is 5.82 Å². The lowest BCUT2D eigenvalue weighted by atomic mass is 10.1. The van der Waals surface area contributed by atoms with Crippen LogP contribution in [0, 0.1) is 5.82 Å². The van der Waals surface area contributed by atoms with Gasteiger partial charge in [-0.2, -0.15) is 18.8 Å². The van der Waals surface area contributed by atoms with Gasteiger partial charge in [-0.3, -0.25) is 4.84 Å². The molecule has 0 saturated carbocycles. The third kappa shape index (κ3) is 3.82. The van der Waals surface area contributed by atoms with Gasteiger partial charge in [-0.05, 0) is 17.7 Å². The van der Waals surface area contributed by atoms with E-state index in [2.05, 4.69) is 20.0 Å². The molecule has 0 aliphatic carbocycles. The second-order valence-corrected chi connectivity index (χ2v) is 4.90. The van der Waals surface area contributed by atoms with Crippen molar-refractivity contribution in [1.82, 2.24) is 20.5 Å². The van der Waals surface area contributed by atoms with Gasteiger partial charge < -0.3 is 9.84 Å². The van der Waals surface area contributed by atoms with E-state index in [1.165, 1.54) is 26.3 Å². The average molecular weight is 344 g/mol. The number of hydrogen-bond donors (Lipinski definition) is 1. The predicted molar refractivity (Wildman–Crippen MR) is 76.3 cm³/mol. The van der Waals surface area contributed by atoms with Crippen molar-refractivity contribution in [1.29, 1.82) is 0 Å². The zero-order chi connectivity index (χ0) is 17.9. The molecule has 0 unspecified atom stereocenters. The number of halogens is 3. The minimum Gasteiger partial charge on any atom is -0.339 e. The number of alkyl halides is 2. The Labute approximate surface area is 135 Å². The minimum absolute atomic E-state index is 0.0160. The molecule has 1 heterocycles. The van der Waals surface area contributed by atoms with Crippen LogP contribution in [0.4, 0.5) is 18.0 Å². The molecule has 1 N–H and O–H groups in total. The third-order valence-electron chi connectivity index (χ3n) is 3.06. The molecule has 0 bridgehead atoms. The predicted octanol–water partition coefficient (Wildman–Crippen LogP) is 2.69. The number of rotatable bonds is 5. The number of hydrogen-bond acceptors (Lipinski definition) is 5. The lowest BCUT2D eigenvalue weighted by Crippen LogP contribution is -2.36. The van der Waals surface area contributed by atoms with Crippen LogP contribution in [0.2, 0.25) is 0 Å². The van der Waals surface area contributed by atoms with Gasteiger partial charge in [0.2, 0.25) is 5.82 Å². The first-order valence-corrected chi connectivity index (χ1v) is 6.80. The molecule has 0 aliphatic heterocycles. The maximum Gasteiger partial charge on any atom is 0.341 e. The van der Waals surface area contributed by atoms with E-state index in [4.69, 9.17) is 4.84 Å². The summed E-state index contributed by atoms with van der Waals surface area (Å²) in [4.78, 5) is 19.9. The lowest BCUT2D eigenvalue weighted by Gasteiger charge is -2.19. The Morgan fingerprint density at radius 1 is 1.46 bits per heavy atom. The van der Waals surface area contributed by atoms with Gasteiger partial charge >= 0.3 is 12.0 Å². The Morgan fingerprint density at radius 3 is 2.67 bits per heavy atom. The first-order chi connectivity index (χ1) is 11.3. The van der Waals surface area contributed by atoms with Crippen LogP contribution in [-0.4, -0.2) is 35.4 Å². The Bertz CT molecular complexity index is 730. The van der Waals surface area contributed by atoms with Crippen molar-refractivity contribution < 1.29 is 27.3 Å². The van der Waals surface area contributed by atoms with Gasteiger partial charge in [0.15, 0.2) is 0 Å². The highest BCUT2D eigenvalue weighted by Gasteiger charge is 2.32. The summed E-state index contributed by atoms with van der Waals surface area (Å²) < 4.78 is 44.8. The summed E-state index contributed by atoms with van der Waals surface area (Å²) >= 11 is 0. The van der Waals surface area contributed by atoms with E-state index < -0.39 is 23.7 Å². The third-order valence-corrected chi connectivity index (χ3v) is 3.06. The molecule has 2 rings (SSSR count). The fourth-order valence-corrected chi connectivity index (χ4v) is 1.86. The van der Waals surface area contributed by atoms with Crippen molar-refractivity contribution in [3.63, 3.8) is 0 Å². The zero-order valence-corrected chi connectivity index (χ0v) is 13.1. The van der Waals surface area contributed by atoms with Gasteiger partial charge in [0.25, 0.3) is 5.89 Å². The van der Waals surface area contributed by atoms with E-state index in [9.17, 15) is 18.0 Å². The molecule has 2 amide bonds. The summed E-state index contributed by atoms with van der Waals surface area (Å²) in [6.07, 6.45) is 0. The first kappa shape index (κ1) is 17.7. The molecule has 130 valence electrons. The zero-order valence-electron chi connectivity index (χ0n) is 13.1. The molecule has 7 nitrogen and oxygen atoms in total. The molecular weight excluding hydrogens is 329 g/mol. The second kappa shape index (κ2) is 6.87. The summed E-state index contributed by atoms with van der Waals surface area (Å²) in [5, 5.41) is 6.71. The average Bonchev–Trinajstić information content (AvgIpc) is 3.01. The number of nitrogens with zero attached hydrogens (tertiary/aromatic N) is 3. The van der Waals surface area contributed by atoms with E-state index in [-0.39, 0.29) is 17.9 Å². The molecule has 0 spiro atoms. The summed E-state index contributed by atoms with van der Waals surface area (Å²) in [7, 11) is 2.72. The molecule has 0 radical (unpaired) electrons. The topological polar surface area (TPSA) is 80.5 Å². The van der Waals surface area contributed by atoms with E-state index in [1.54, 1.807) is 0 Å². The van der Waals surface area contributed by atoms with Crippen LogP contribution in [0.15, 0.2) is 22.7 Å². The smallest absolute Gasteiger partial charge is 0.339 e. The standard InChI is InChI=1S/C14H15F3N4O3/c1-14(16,17)12-19-11(20-24-12)9-5-4-8(6-10(9)15)7-21(23-3)13(22)18-2/h4-6H,7H2,1-3H3,(H,18,22). The van der Waals surface area contributed by atoms with Gasteiger partial charge in [-0.25, -0.2) is 9.18 Å². The Balaban J connectivity index is 2.24. The quantitative estimate of drug-likeness (QED) is 0.844. The number of carbonyl (C=O) groups excluding carboxylic acids is 1. The highest BCUT2D eigenvalue weighted by Crippen LogP contribution is 2.28. The van der Waals surface area contributed by atoms with Crippen molar-refractivity contribution in [2.45, 2.75) is 19.4 Å². The summed E-state index contributed by atoms with van der Waals surface area (Å²) in [5.41, 5.74) is 0.327. The fraction of sp³-hybridized carbons (Fsp3) is 0.357. The molecule has 1 aromatic carbocycles. The van der Waals surface area contributed by atoms with Crippen molar-refractivity contribution in [2.75, 3.05) is 14.2 Å². The van der Waals surface area contributed by atoms with Crippen molar-refractivity contribution in [3.8, 4) is 11.4 Å². The normalized spacial score (nSPS) is 11.4. The Hall–Kier alpha value is -2.62. The molecule has 0 aliphatic rings. The highest BCUT2D eigenvalue weighted by molar-refractivity contribution is 5.72. The molecule has 24 heavy (non-hydrogen) atoms. The number of amides is 2. The molecule has 0 fully saturated rings. The van der Waals surface area contributed by atoms with Crippen LogP contribution in [0.5, 0.6) is 0 Å². The Morgan fingerprint density at radius 2 is 2.17 bits per heavy atom. The van der Waals surface area contributed by atoms with Crippen LogP contribution in [-0.2, 0) is 17.3 Å². The molecular formula is C14H15F3N4O3. The summed E-state index contributed by atoms with van der Waals surface area (Å²) in [5.74, 6) is -5.24. The fourth-order valence-electron chi connectivity index (χ4n) is 1.86. The number of urea groups is 1. The number of aromatic nitrogens is 2. The monoisotopic (exact) mass is 344 g/mol. The highest BCUT2D eigenvalue weighted by atomic mass is 19.3. The van der Waals surface area contributed by atoms with Crippen molar-refractivity contribution in [3.05, 3.63) is 35.5 Å². The number of hydroxylamine groups is 2.